The summed E-state index contributed by atoms with van der Waals surface area (Å²) in [4.78, 5) is 4.27. The standard InChI is InChI=1S/C11H13N3O/c1-3-10-13-11(15-14-10)9-6-8(12)5-4-7(9)2/h4-6H,3,12H2,1-2H3. The predicted octanol–water partition coefficient (Wildman–Crippen LogP) is 2.19. The molecule has 0 aliphatic heterocycles. The minimum absolute atomic E-state index is 0.539. The Balaban J connectivity index is 2.48. The Kier molecular flexibility index (Phi) is 2.41. The first kappa shape index (κ1) is 9.71. The molecule has 1 aromatic carbocycles. The molecule has 4 nitrogen and oxygen atoms in total. The smallest absolute Gasteiger partial charge is 0.258 e. The minimum Gasteiger partial charge on any atom is -0.399 e. The molecule has 0 saturated heterocycles. The van der Waals surface area contributed by atoms with Gasteiger partial charge in [0.15, 0.2) is 5.82 Å². The van der Waals surface area contributed by atoms with Crippen LogP contribution in [0.4, 0.5) is 5.69 Å². The van der Waals surface area contributed by atoms with Crippen molar-refractivity contribution in [2.45, 2.75) is 20.3 Å². The van der Waals surface area contributed by atoms with E-state index in [0.29, 0.717) is 17.4 Å². The molecule has 0 aliphatic carbocycles. The molecule has 2 N–H and O–H groups in total. The van der Waals surface area contributed by atoms with E-state index in [2.05, 4.69) is 10.1 Å². The van der Waals surface area contributed by atoms with E-state index < -0.39 is 0 Å². The van der Waals surface area contributed by atoms with Gasteiger partial charge in [-0.3, -0.25) is 0 Å². The maximum Gasteiger partial charge on any atom is 0.258 e. The summed E-state index contributed by atoms with van der Waals surface area (Å²) in [6.45, 7) is 3.98. The lowest BCUT2D eigenvalue weighted by molar-refractivity contribution is 0.423. The van der Waals surface area contributed by atoms with Crippen molar-refractivity contribution in [3.8, 4) is 11.5 Å². The van der Waals surface area contributed by atoms with E-state index in [1.54, 1.807) is 0 Å². The van der Waals surface area contributed by atoms with Crippen molar-refractivity contribution in [1.29, 1.82) is 0 Å². The Morgan fingerprint density at radius 3 is 2.87 bits per heavy atom. The number of hydrogen-bond donors (Lipinski definition) is 1. The molecule has 2 rings (SSSR count). The van der Waals surface area contributed by atoms with E-state index in [-0.39, 0.29) is 0 Å². The SMILES string of the molecule is CCc1noc(-c2cc(N)ccc2C)n1. The van der Waals surface area contributed by atoms with Gasteiger partial charge in [-0.05, 0) is 24.6 Å². The van der Waals surface area contributed by atoms with Crippen LogP contribution in [0, 0.1) is 6.92 Å². The van der Waals surface area contributed by atoms with Crippen molar-refractivity contribution in [2.75, 3.05) is 5.73 Å². The Labute approximate surface area is 88.1 Å². The lowest BCUT2D eigenvalue weighted by Crippen LogP contribution is -1.89. The van der Waals surface area contributed by atoms with Gasteiger partial charge in [-0.1, -0.05) is 18.1 Å². The minimum atomic E-state index is 0.539. The second kappa shape index (κ2) is 3.73. The first-order chi connectivity index (χ1) is 7.20. The summed E-state index contributed by atoms with van der Waals surface area (Å²) in [6, 6.07) is 5.65. The maximum atomic E-state index is 5.71. The number of rotatable bonds is 2. The van der Waals surface area contributed by atoms with Gasteiger partial charge in [0.05, 0.1) is 0 Å². The van der Waals surface area contributed by atoms with Crippen molar-refractivity contribution < 1.29 is 4.52 Å². The van der Waals surface area contributed by atoms with Crippen LogP contribution in [0.25, 0.3) is 11.5 Å². The number of hydrogen-bond acceptors (Lipinski definition) is 4. The van der Waals surface area contributed by atoms with E-state index in [0.717, 1.165) is 17.5 Å². The van der Waals surface area contributed by atoms with Gasteiger partial charge in [0.2, 0.25) is 0 Å². The molecule has 0 unspecified atom stereocenters. The number of aryl methyl sites for hydroxylation is 2. The fourth-order valence-corrected chi connectivity index (χ4v) is 1.38. The van der Waals surface area contributed by atoms with Gasteiger partial charge in [0.25, 0.3) is 5.89 Å². The second-order valence-electron chi connectivity index (χ2n) is 3.44. The second-order valence-corrected chi connectivity index (χ2v) is 3.44. The van der Waals surface area contributed by atoms with Crippen LogP contribution < -0.4 is 5.73 Å². The van der Waals surface area contributed by atoms with Crippen molar-refractivity contribution in [3.63, 3.8) is 0 Å². The third kappa shape index (κ3) is 1.83. The molecular formula is C11H13N3O. The molecule has 78 valence electrons. The highest BCUT2D eigenvalue weighted by Gasteiger charge is 2.10. The van der Waals surface area contributed by atoms with E-state index in [4.69, 9.17) is 10.3 Å². The fraction of sp³-hybridized carbons (Fsp3) is 0.273. The molecule has 0 radical (unpaired) electrons. The van der Waals surface area contributed by atoms with Gasteiger partial charge in [-0.15, -0.1) is 0 Å². The highest BCUT2D eigenvalue weighted by atomic mass is 16.5. The number of nitrogens with zero attached hydrogens (tertiary/aromatic N) is 2. The molecule has 1 heterocycles. The van der Waals surface area contributed by atoms with Crippen molar-refractivity contribution >= 4 is 5.69 Å². The van der Waals surface area contributed by atoms with Crippen LogP contribution in [0.5, 0.6) is 0 Å². The van der Waals surface area contributed by atoms with Crippen LogP contribution in [-0.2, 0) is 6.42 Å². The summed E-state index contributed by atoms with van der Waals surface area (Å²) in [5.74, 6) is 1.25. The molecule has 0 fully saturated rings. The molecule has 15 heavy (non-hydrogen) atoms. The van der Waals surface area contributed by atoms with Crippen LogP contribution in [0.1, 0.15) is 18.3 Å². The first-order valence-corrected chi connectivity index (χ1v) is 4.89. The van der Waals surface area contributed by atoms with Crippen LogP contribution in [-0.4, -0.2) is 10.1 Å². The maximum absolute atomic E-state index is 5.71. The van der Waals surface area contributed by atoms with E-state index in [1.807, 2.05) is 32.0 Å². The molecule has 2 aromatic rings. The summed E-state index contributed by atoms with van der Waals surface area (Å²) < 4.78 is 5.16. The molecule has 0 amide bonds. The van der Waals surface area contributed by atoms with Gasteiger partial charge in [0.1, 0.15) is 0 Å². The van der Waals surface area contributed by atoms with Gasteiger partial charge in [-0.2, -0.15) is 4.98 Å². The topological polar surface area (TPSA) is 64.9 Å². The van der Waals surface area contributed by atoms with E-state index in [1.165, 1.54) is 0 Å². The zero-order chi connectivity index (χ0) is 10.8. The summed E-state index contributed by atoms with van der Waals surface area (Å²) in [5.41, 5.74) is 8.40. The zero-order valence-corrected chi connectivity index (χ0v) is 8.82. The summed E-state index contributed by atoms with van der Waals surface area (Å²) in [5, 5.41) is 3.85. The van der Waals surface area contributed by atoms with Gasteiger partial charge < -0.3 is 10.3 Å². The highest BCUT2D eigenvalue weighted by molar-refractivity contribution is 5.63. The van der Waals surface area contributed by atoms with Crippen LogP contribution in [0.2, 0.25) is 0 Å². The normalized spacial score (nSPS) is 10.5. The highest BCUT2D eigenvalue weighted by Crippen LogP contribution is 2.23. The molecular weight excluding hydrogens is 190 g/mol. The predicted molar refractivity (Wildman–Crippen MR) is 58.3 cm³/mol. The fourth-order valence-electron chi connectivity index (χ4n) is 1.38. The molecule has 0 bridgehead atoms. The monoisotopic (exact) mass is 203 g/mol. The van der Waals surface area contributed by atoms with Gasteiger partial charge >= 0.3 is 0 Å². The number of benzene rings is 1. The zero-order valence-electron chi connectivity index (χ0n) is 8.82. The Hall–Kier alpha value is -1.84. The summed E-state index contributed by atoms with van der Waals surface area (Å²) in [7, 11) is 0. The largest absolute Gasteiger partial charge is 0.399 e. The molecule has 4 heteroatoms. The Bertz CT molecular complexity index is 476. The van der Waals surface area contributed by atoms with Crippen LogP contribution >= 0.6 is 0 Å². The van der Waals surface area contributed by atoms with E-state index >= 15 is 0 Å². The Morgan fingerprint density at radius 1 is 1.40 bits per heavy atom. The summed E-state index contributed by atoms with van der Waals surface area (Å²) >= 11 is 0. The van der Waals surface area contributed by atoms with Crippen LogP contribution in [0.3, 0.4) is 0 Å². The average Bonchev–Trinajstić information content (AvgIpc) is 2.70. The molecule has 0 saturated carbocycles. The van der Waals surface area contributed by atoms with Crippen molar-refractivity contribution in [2.24, 2.45) is 0 Å². The number of anilines is 1. The Morgan fingerprint density at radius 2 is 2.20 bits per heavy atom. The number of aromatic nitrogens is 2. The molecule has 0 aliphatic rings. The van der Waals surface area contributed by atoms with Gasteiger partial charge in [-0.25, -0.2) is 0 Å². The van der Waals surface area contributed by atoms with Gasteiger partial charge in [0, 0.05) is 17.7 Å². The first-order valence-electron chi connectivity index (χ1n) is 4.89. The third-order valence-corrected chi connectivity index (χ3v) is 2.28. The molecule has 0 spiro atoms. The lowest BCUT2D eigenvalue weighted by atomic mass is 10.1. The van der Waals surface area contributed by atoms with E-state index in [9.17, 15) is 0 Å². The third-order valence-electron chi connectivity index (χ3n) is 2.28. The quantitative estimate of drug-likeness (QED) is 0.760. The van der Waals surface area contributed by atoms with Crippen molar-refractivity contribution in [1.82, 2.24) is 10.1 Å². The number of nitrogen functional groups attached to an aromatic ring is 1. The number of nitrogens with two attached hydrogens (primary N) is 1. The van der Waals surface area contributed by atoms with Crippen molar-refractivity contribution in [3.05, 3.63) is 29.6 Å². The molecule has 1 aromatic heterocycles. The molecule has 0 atom stereocenters. The van der Waals surface area contributed by atoms with Crippen LogP contribution in [0.15, 0.2) is 22.7 Å². The summed E-state index contributed by atoms with van der Waals surface area (Å²) in [6.07, 6.45) is 0.769. The average molecular weight is 203 g/mol. The lowest BCUT2D eigenvalue weighted by Gasteiger charge is -2.01.